The van der Waals surface area contributed by atoms with Crippen LogP contribution in [0.15, 0.2) is 47.2 Å². The Bertz CT molecular complexity index is 900. The maximum absolute atomic E-state index is 12.2. The molecule has 0 spiro atoms. The van der Waals surface area contributed by atoms with Crippen molar-refractivity contribution >= 4 is 28.7 Å². The van der Waals surface area contributed by atoms with Crippen LogP contribution in [0.4, 0.5) is 5.69 Å². The summed E-state index contributed by atoms with van der Waals surface area (Å²) >= 11 is 0. The number of rotatable bonds is 3. The number of carbonyl (C=O) groups is 2. The van der Waals surface area contributed by atoms with E-state index in [0.29, 0.717) is 16.7 Å². The summed E-state index contributed by atoms with van der Waals surface area (Å²) in [7, 11) is 1.25. The molecule has 116 valence electrons. The number of oxazole rings is 1. The molecule has 7 nitrogen and oxygen atoms in total. The van der Waals surface area contributed by atoms with Crippen molar-refractivity contribution in [3.63, 3.8) is 0 Å². The van der Waals surface area contributed by atoms with E-state index >= 15 is 0 Å². The molecule has 1 amide bonds. The molecule has 0 bridgehead atoms. The average Bonchev–Trinajstić information content (AvgIpc) is 3.03. The van der Waals surface area contributed by atoms with E-state index in [0.717, 1.165) is 0 Å². The molecule has 2 N–H and O–H groups in total. The Labute approximate surface area is 130 Å². The molecule has 0 aliphatic carbocycles. The molecule has 0 fully saturated rings. The van der Waals surface area contributed by atoms with Gasteiger partial charge in [0, 0.05) is 5.56 Å². The topological polar surface area (TPSA) is 102 Å². The average molecular weight is 312 g/mol. The summed E-state index contributed by atoms with van der Waals surface area (Å²) in [6.07, 6.45) is 1.30. The second-order valence-corrected chi connectivity index (χ2v) is 4.71. The number of esters is 1. The van der Waals surface area contributed by atoms with Gasteiger partial charge in [-0.05, 0) is 36.4 Å². The van der Waals surface area contributed by atoms with Gasteiger partial charge >= 0.3 is 5.97 Å². The number of fused-ring (bicyclic) bond motifs is 1. The van der Waals surface area contributed by atoms with Gasteiger partial charge in [0.15, 0.2) is 12.0 Å². The van der Waals surface area contributed by atoms with Gasteiger partial charge in [-0.2, -0.15) is 0 Å². The normalized spacial score (nSPS) is 10.5. The Morgan fingerprint density at radius 1 is 1.17 bits per heavy atom. The van der Waals surface area contributed by atoms with Crippen molar-refractivity contribution in [3.05, 3.63) is 53.9 Å². The number of aromatic hydroxyl groups is 1. The standard InChI is InChI=1S/C16H12N2O5/c1-22-16(21)10-2-4-11(13(19)7-10)18-15(20)9-3-5-14-12(6-9)17-8-23-14/h2-8,19H,1H3,(H,18,20). The van der Waals surface area contributed by atoms with Crippen molar-refractivity contribution in [3.8, 4) is 5.75 Å². The minimum atomic E-state index is -0.574. The van der Waals surface area contributed by atoms with Crippen LogP contribution >= 0.6 is 0 Å². The summed E-state index contributed by atoms with van der Waals surface area (Å²) in [5.41, 5.74) is 1.87. The van der Waals surface area contributed by atoms with Crippen molar-refractivity contribution in [2.24, 2.45) is 0 Å². The van der Waals surface area contributed by atoms with Crippen LogP contribution in [0.1, 0.15) is 20.7 Å². The number of carbonyl (C=O) groups excluding carboxylic acids is 2. The van der Waals surface area contributed by atoms with Crippen LogP contribution in [-0.4, -0.2) is 29.1 Å². The van der Waals surface area contributed by atoms with Gasteiger partial charge in [0.05, 0.1) is 18.4 Å². The van der Waals surface area contributed by atoms with E-state index in [1.165, 1.54) is 31.7 Å². The lowest BCUT2D eigenvalue weighted by molar-refractivity contribution is 0.0600. The molecule has 3 aromatic rings. The van der Waals surface area contributed by atoms with E-state index in [1.54, 1.807) is 18.2 Å². The molecule has 0 saturated carbocycles. The van der Waals surface area contributed by atoms with Gasteiger partial charge in [-0.25, -0.2) is 9.78 Å². The van der Waals surface area contributed by atoms with E-state index < -0.39 is 11.9 Å². The van der Waals surface area contributed by atoms with Gasteiger partial charge in [0.25, 0.3) is 5.91 Å². The maximum atomic E-state index is 12.2. The fourth-order valence-electron chi connectivity index (χ4n) is 2.08. The Hall–Kier alpha value is -3.35. The Morgan fingerprint density at radius 3 is 2.70 bits per heavy atom. The lowest BCUT2D eigenvalue weighted by atomic mass is 10.1. The number of amides is 1. The first kappa shape index (κ1) is 14.6. The first-order valence-electron chi connectivity index (χ1n) is 6.64. The quantitative estimate of drug-likeness (QED) is 0.569. The summed E-state index contributed by atoms with van der Waals surface area (Å²) in [4.78, 5) is 27.6. The molecule has 1 aromatic heterocycles. The monoisotopic (exact) mass is 312 g/mol. The second kappa shape index (κ2) is 5.80. The molecule has 0 unspecified atom stereocenters. The number of hydrogen-bond acceptors (Lipinski definition) is 6. The molecule has 2 aromatic carbocycles. The van der Waals surface area contributed by atoms with Crippen LogP contribution in [0, 0.1) is 0 Å². The molecular weight excluding hydrogens is 300 g/mol. The van der Waals surface area contributed by atoms with Gasteiger partial charge in [0.1, 0.15) is 11.3 Å². The summed E-state index contributed by atoms with van der Waals surface area (Å²) < 4.78 is 9.67. The SMILES string of the molecule is COC(=O)c1ccc(NC(=O)c2ccc3ocnc3c2)c(O)c1. The number of methoxy groups -OCH3 is 1. The molecule has 7 heteroatoms. The number of benzene rings is 2. The van der Waals surface area contributed by atoms with E-state index in [9.17, 15) is 14.7 Å². The number of phenols is 1. The fraction of sp³-hybridized carbons (Fsp3) is 0.0625. The highest BCUT2D eigenvalue weighted by Crippen LogP contribution is 2.25. The van der Waals surface area contributed by atoms with Crippen LogP contribution in [0.3, 0.4) is 0 Å². The number of phenolic OH excluding ortho intramolecular Hbond substituents is 1. The molecule has 1 heterocycles. The number of nitrogens with one attached hydrogen (secondary N) is 1. The van der Waals surface area contributed by atoms with Gasteiger partial charge < -0.3 is 19.6 Å². The number of ether oxygens (including phenoxy) is 1. The summed E-state index contributed by atoms with van der Waals surface area (Å²) in [5.74, 6) is -1.23. The first-order chi connectivity index (χ1) is 11.1. The van der Waals surface area contributed by atoms with Crippen LogP contribution in [0.5, 0.6) is 5.75 Å². The molecular formula is C16H12N2O5. The van der Waals surface area contributed by atoms with E-state index in [-0.39, 0.29) is 17.0 Å². The van der Waals surface area contributed by atoms with E-state index in [4.69, 9.17) is 4.42 Å². The third kappa shape index (κ3) is 2.84. The zero-order valence-corrected chi connectivity index (χ0v) is 12.1. The Balaban J connectivity index is 1.83. The zero-order valence-electron chi connectivity index (χ0n) is 12.1. The third-order valence-electron chi connectivity index (χ3n) is 3.26. The predicted octanol–water partition coefficient (Wildman–Crippen LogP) is 2.57. The highest BCUT2D eigenvalue weighted by Gasteiger charge is 2.13. The fourth-order valence-corrected chi connectivity index (χ4v) is 2.08. The lowest BCUT2D eigenvalue weighted by Gasteiger charge is -2.08. The minimum Gasteiger partial charge on any atom is -0.506 e. The van der Waals surface area contributed by atoms with E-state index in [1.807, 2.05) is 0 Å². The smallest absolute Gasteiger partial charge is 0.337 e. The largest absolute Gasteiger partial charge is 0.506 e. The van der Waals surface area contributed by atoms with Crippen molar-refractivity contribution in [1.82, 2.24) is 4.98 Å². The summed E-state index contributed by atoms with van der Waals surface area (Å²) in [6, 6.07) is 8.90. The highest BCUT2D eigenvalue weighted by atomic mass is 16.5. The van der Waals surface area contributed by atoms with Crippen molar-refractivity contribution in [2.45, 2.75) is 0 Å². The molecule has 0 aliphatic rings. The molecule has 0 radical (unpaired) electrons. The second-order valence-electron chi connectivity index (χ2n) is 4.71. The van der Waals surface area contributed by atoms with Crippen LogP contribution in [0.25, 0.3) is 11.1 Å². The maximum Gasteiger partial charge on any atom is 0.337 e. The molecule has 0 saturated heterocycles. The van der Waals surface area contributed by atoms with Crippen LogP contribution < -0.4 is 5.32 Å². The molecule has 3 rings (SSSR count). The molecule has 23 heavy (non-hydrogen) atoms. The minimum absolute atomic E-state index is 0.183. The number of nitrogens with zero attached hydrogens (tertiary/aromatic N) is 1. The Morgan fingerprint density at radius 2 is 1.96 bits per heavy atom. The van der Waals surface area contributed by atoms with Crippen LogP contribution in [-0.2, 0) is 4.74 Å². The summed E-state index contributed by atoms with van der Waals surface area (Å²) in [5, 5.41) is 12.5. The van der Waals surface area contributed by atoms with E-state index in [2.05, 4.69) is 15.0 Å². The van der Waals surface area contributed by atoms with Crippen molar-refractivity contribution in [1.29, 1.82) is 0 Å². The molecule has 0 atom stereocenters. The lowest BCUT2D eigenvalue weighted by Crippen LogP contribution is -2.12. The zero-order chi connectivity index (χ0) is 16.4. The number of anilines is 1. The van der Waals surface area contributed by atoms with Gasteiger partial charge in [-0.15, -0.1) is 0 Å². The van der Waals surface area contributed by atoms with Crippen molar-refractivity contribution < 1.29 is 23.8 Å². The Kier molecular flexibility index (Phi) is 3.68. The summed E-state index contributed by atoms with van der Waals surface area (Å²) in [6.45, 7) is 0. The number of hydrogen-bond donors (Lipinski definition) is 2. The van der Waals surface area contributed by atoms with Gasteiger partial charge in [0.2, 0.25) is 0 Å². The predicted molar refractivity (Wildman–Crippen MR) is 81.4 cm³/mol. The van der Waals surface area contributed by atoms with Crippen LogP contribution in [0.2, 0.25) is 0 Å². The van der Waals surface area contributed by atoms with Gasteiger partial charge in [-0.3, -0.25) is 4.79 Å². The van der Waals surface area contributed by atoms with Gasteiger partial charge in [-0.1, -0.05) is 0 Å². The third-order valence-corrected chi connectivity index (χ3v) is 3.26. The highest BCUT2D eigenvalue weighted by molar-refractivity contribution is 6.06. The van der Waals surface area contributed by atoms with Crippen molar-refractivity contribution in [2.75, 3.05) is 12.4 Å². The number of aromatic nitrogens is 1. The first-order valence-corrected chi connectivity index (χ1v) is 6.64. The molecule has 0 aliphatic heterocycles.